The molecule has 1 fully saturated rings. The van der Waals surface area contributed by atoms with Crippen molar-refractivity contribution in [3.63, 3.8) is 0 Å². The number of aromatic nitrogens is 3. The molecule has 0 saturated heterocycles. The molecule has 3 aromatic rings. The molecule has 1 aromatic carbocycles. The maximum Gasteiger partial charge on any atom is 0.180 e. The van der Waals surface area contributed by atoms with E-state index in [4.69, 9.17) is 4.98 Å². The summed E-state index contributed by atoms with van der Waals surface area (Å²) in [6.45, 7) is 5.00. The summed E-state index contributed by atoms with van der Waals surface area (Å²) in [5.41, 5.74) is 4.55. The van der Waals surface area contributed by atoms with Gasteiger partial charge in [0.2, 0.25) is 0 Å². The van der Waals surface area contributed by atoms with Crippen molar-refractivity contribution in [2.45, 2.75) is 32.1 Å². The first-order chi connectivity index (χ1) is 12.2. The van der Waals surface area contributed by atoms with Gasteiger partial charge < -0.3 is 5.32 Å². The van der Waals surface area contributed by atoms with E-state index in [-0.39, 0.29) is 5.41 Å². The maximum absolute atomic E-state index is 4.74. The number of pyridine rings is 1. The third-order valence-corrected chi connectivity index (χ3v) is 5.12. The average Bonchev–Trinajstić information content (AvgIpc) is 3.45. The molecular weight excluding hydrogens is 308 g/mol. The second kappa shape index (κ2) is 6.28. The first-order valence-corrected chi connectivity index (χ1v) is 8.74. The molecule has 1 saturated carbocycles. The molecule has 0 aliphatic heterocycles. The molecule has 0 unspecified atom stereocenters. The van der Waals surface area contributed by atoms with Gasteiger partial charge in [0.1, 0.15) is 11.5 Å². The van der Waals surface area contributed by atoms with Crippen LogP contribution in [0.25, 0.3) is 11.5 Å². The molecule has 2 heterocycles. The first-order valence-electron chi connectivity index (χ1n) is 8.74. The monoisotopic (exact) mass is 330 g/mol. The number of rotatable bonds is 5. The number of hydrogen-bond acceptors (Lipinski definition) is 4. The van der Waals surface area contributed by atoms with E-state index in [0.29, 0.717) is 5.82 Å². The summed E-state index contributed by atoms with van der Waals surface area (Å²) < 4.78 is 0. The standard InChI is InChI=1S/C21H22N4/c1-15-16(2)24-20(18-10-6-7-13-22-18)25-19(15)23-14-21(11-12-21)17-8-4-3-5-9-17/h3-10,13H,11-12,14H2,1-2H3,(H,23,24,25). The Hall–Kier alpha value is -2.75. The summed E-state index contributed by atoms with van der Waals surface area (Å²) in [5, 5.41) is 3.59. The molecule has 0 bridgehead atoms. The zero-order valence-electron chi connectivity index (χ0n) is 14.7. The molecule has 0 radical (unpaired) electrons. The van der Waals surface area contributed by atoms with Gasteiger partial charge in [-0.25, -0.2) is 9.97 Å². The molecule has 1 aliphatic carbocycles. The zero-order valence-corrected chi connectivity index (χ0v) is 14.7. The lowest BCUT2D eigenvalue weighted by Crippen LogP contribution is -2.21. The van der Waals surface area contributed by atoms with Gasteiger partial charge in [-0.2, -0.15) is 0 Å². The maximum atomic E-state index is 4.74. The Kier molecular flexibility index (Phi) is 3.96. The lowest BCUT2D eigenvalue weighted by Gasteiger charge is -2.19. The topological polar surface area (TPSA) is 50.7 Å². The van der Waals surface area contributed by atoms with Crippen LogP contribution in [0, 0.1) is 13.8 Å². The average molecular weight is 330 g/mol. The summed E-state index contributed by atoms with van der Waals surface area (Å²) in [6.07, 6.45) is 4.22. The second-order valence-corrected chi connectivity index (χ2v) is 6.82. The smallest absolute Gasteiger partial charge is 0.180 e. The SMILES string of the molecule is Cc1nc(-c2ccccn2)nc(NCC2(c3ccccc3)CC2)c1C. The lowest BCUT2D eigenvalue weighted by atomic mass is 9.96. The van der Waals surface area contributed by atoms with Crippen LogP contribution in [0.1, 0.15) is 29.7 Å². The fourth-order valence-electron chi connectivity index (χ4n) is 3.17. The van der Waals surface area contributed by atoms with Gasteiger partial charge in [0.25, 0.3) is 0 Å². The van der Waals surface area contributed by atoms with E-state index < -0.39 is 0 Å². The van der Waals surface area contributed by atoms with Crippen LogP contribution in [-0.2, 0) is 5.41 Å². The van der Waals surface area contributed by atoms with Gasteiger partial charge in [0, 0.05) is 29.4 Å². The van der Waals surface area contributed by atoms with E-state index in [1.807, 2.05) is 25.1 Å². The number of aryl methyl sites for hydroxylation is 1. The Morgan fingerprint density at radius 3 is 2.40 bits per heavy atom. The number of nitrogens with one attached hydrogen (secondary N) is 1. The lowest BCUT2D eigenvalue weighted by molar-refractivity contribution is 0.729. The third kappa shape index (κ3) is 3.12. The largest absolute Gasteiger partial charge is 0.369 e. The van der Waals surface area contributed by atoms with Crippen LogP contribution >= 0.6 is 0 Å². The van der Waals surface area contributed by atoms with Crippen molar-refractivity contribution in [1.82, 2.24) is 15.0 Å². The molecule has 0 atom stereocenters. The predicted molar refractivity (Wildman–Crippen MR) is 101 cm³/mol. The van der Waals surface area contributed by atoms with Gasteiger partial charge >= 0.3 is 0 Å². The number of anilines is 1. The van der Waals surface area contributed by atoms with Crippen LogP contribution in [0.15, 0.2) is 54.7 Å². The first kappa shape index (κ1) is 15.8. The number of benzene rings is 1. The van der Waals surface area contributed by atoms with Crippen LogP contribution < -0.4 is 5.32 Å². The highest BCUT2D eigenvalue weighted by Crippen LogP contribution is 2.48. The summed E-state index contributed by atoms with van der Waals surface area (Å²) in [6, 6.07) is 16.6. The quantitative estimate of drug-likeness (QED) is 0.758. The van der Waals surface area contributed by atoms with E-state index in [2.05, 4.69) is 52.5 Å². The Labute approximate surface area is 148 Å². The third-order valence-electron chi connectivity index (χ3n) is 5.12. The van der Waals surface area contributed by atoms with Crippen molar-refractivity contribution in [1.29, 1.82) is 0 Å². The van der Waals surface area contributed by atoms with Gasteiger partial charge in [0.15, 0.2) is 5.82 Å². The summed E-state index contributed by atoms with van der Waals surface area (Å²) in [5.74, 6) is 1.59. The highest BCUT2D eigenvalue weighted by molar-refractivity contribution is 5.56. The van der Waals surface area contributed by atoms with Gasteiger partial charge in [-0.15, -0.1) is 0 Å². The molecule has 4 nitrogen and oxygen atoms in total. The van der Waals surface area contributed by atoms with E-state index in [1.54, 1.807) is 6.20 Å². The van der Waals surface area contributed by atoms with E-state index in [0.717, 1.165) is 29.3 Å². The summed E-state index contributed by atoms with van der Waals surface area (Å²) in [4.78, 5) is 13.7. The molecule has 126 valence electrons. The fraction of sp³-hybridized carbons (Fsp3) is 0.286. The van der Waals surface area contributed by atoms with Crippen LogP contribution in [0.4, 0.5) is 5.82 Å². The van der Waals surface area contributed by atoms with Gasteiger partial charge in [-0.1, -0.05) is 36.4 Å². The fourth-order valence-corrected chi connectivity index (χ4v) is 3.17. The van der Waals surface area contributed by atoms with E-state index in [1.165, 1.54) is 18.4 Å². The minimum absolute atomic E-state index is 0.248. The molecule has 0 spiro atoms. The van der Waals surface area contributed by atoms with Crippen LogP contribution in [0.5, 0.6) is 0 Å². The molecular formula is C21H22N4. The second-order valence-electron chi connectivity index (χ2n) is 6.82. The van der Waals surface area contributed by atoms with Crippen molar-refractivity contribution in [2.75, 3.05) is 11.9 Å². The Morgan fingerprint density at radius 1 is 0.960 bits per heavy atom. The van der Waals surface area contributed by atoms with Crippen molar-refractivity contribution < 1.29 is 0 Å². The minimum atomic E-state index is 0.248. The highest BCUT2D eigenvalue weighted by atomic mass is 15.1. The molecule has 4 rings (SSSR count). The van der Waals surface area contributed by atoms with Crippen molar-refractivity contribution in [3.8, 4) is 11.5 Å². The Balaban J connectivity index is 1.60. The summed E-state index contributed by atoms with van der Waals surface area (Å²) in [7, 11) is 0. The normalized spacial score (nSPS) is 15.0. The van der Waals surface area contributed by atoms with E-state index >= 15 is 0 Å². The van der Waals surface area contributed by atoms with Gasteiger partial charge in [-0.05, 0) is 44.4 Å². The van der Waals surface area contributed by atoms with E-state index in [9.17, 15) is 0 Å². The molecule has 25 heavy (non-hydrogen) atoms. The molecule has 1 N–H and O–H groups in total. The predicted octanol–water partition coefficient (Wildman–Crippen LogP) is 4.30. The molecule has 4 heteroatoms. The van der Waals surface area contributed by atoms with Crippen LogP contribution in [0.2, 0.25) is 0 Å². The summed E-state index contributed by atoms with van der Waals surface area (Å²) >= 11 is 0. The number of nitrogens with zero attached hydrogens (tertiary/aromatic N) is 3. The van der Waals surface area contributed by atoms with Crippen LogP contribution in [0.3, 0.4) is 0 Å². The Morgan fingerprint density at radius 2 is 1.72 bits per heavy atom. The molecule has 2 aromatic heterocycles. The van der Waals surface area contributed by atoms with Gasteiger partial charge in [0.05, 0.1) is 0 Å². The Bertz CT molecular complexity index is 871. The molecule has 1 aliphatic rings. The van der Waals surface area contributed by atoms with Crippen molar-refractivity contribution in [3.05, 3.63) is 71.5 Å². The van der Waals surface area contributed by atoms with Crippen molar-refractivity contribution >= 4 is 5.82 Å². The van der Waals surface area contributed by atoms with Gasteiger partial charge in [-0.3, -0.25) is 4.98 Å². The van der Waals surface area contributed by atoms with Crippen molar-refractivity contribution in [2.24, 2.45) is 0 Å². The highest BCUT2D eigenvalue weighted by Gasteiger charge is 2.43. The van der Waals surface area contributed by atoms with Crippen LogP contribution in [-0.4, -0.2) is 21.5 Å². The molecule has 0 amide bonds. The number of hydrogen-bond donors (Lipinski definition) is 1. The zero-order chi connectivity index (χ0) is 17.3. The minimum Gasteiger partial charge on any atom is -0.369 e.